The van der Waals surface area contributed by atoms with Gasteiger partial charge in [0.25, 0.3) is 0 Å². The monoisotopic (exact) mass is 424 g/mol. The van der Waals surface area contributed by atoms with Gasteiger partial charge in [-0.1, -0.05) is 63.8 Å². The Labute approximate surface area is 189 Å². The fraction of sp³-hybridized carbons (Fsp3) is 0.571. The molecule has 0 bridgehead atoms. The molecule has 1 aliphatic carbocycles. The van der Waals surface area contributed by atoms with Gasteiger partial charge in [-0.2, -0.15) is 0 Å². The minimum Gasteiger partial charge on any atom is -0.491 e. The van der Waals surface area contributed by atoms with E-state index in [1.54, 1.807) is 0 Å². The van der Waals surface area contributed by atoms with Crippen LogP contribution in [0.5, 0.6) is 11.5 Å². The Morgan fingerprint density at radius 2 is 1.52 bits per heavy atom. The van der Waals surface area contributed by atoms with E-state index in [1.165, 1.54) is 62.5 Å². The lowest BCUT2D eigenvalue weighted by Gasteiger charge is -2.22. The largest absolute Gasteiger partial charge is 0.491 e. The second-order valence-electron chi connectivity index (χ2n) is 8.77. The van der Waals surface area contributed by atoms with Gasteiger partial charge in [-0.05, 0) is 79.8 Å². The summed E-state index contributed by atoms with van der Waals surface area (Å²) in [5.74, 6) is 3.13. The van der Waals surface area contributed by atoms with Gasteiger partial charge in [-0.15, -0.1) is 0 Å². The average Bonchev–Trinajstić information content (AvgIpc) is 2.82. The maximum Gasteiger partial charge on any atom is 0.197 e. The van der Waals surface area contributed by atoms with E-state index >= 15 is 0 Å². The highest BCUT2D eigenvalue weighted by Gasteiger charge is 2.15. The molecule has 1 aliphatic rings. The highest BCUT2D eigenvalue weighted by molar-refractivity contribution is 5.30. The van der Waals surface area contributed by atoms with Gasteiger partial charge in [0.15, 0.2) is 6.29 Å². The van der Waals surface area contributed by atoms with Crippen LogP contribution in [0.2, 0.25) is 0 Å². The van der Waals surface area contributed by atoms with Gasteiger partial charge in [0.05, 0.1) is 6.61 Å². The van der Waals surface area contributed by atoms with Gasteiger partial charge >= 0.3 is 0 Å². The lowest BCUT2D eigenvalue weighted by molar-refractivity contribution is -0.0739. The summed E-state index contributed by atoms with van der Waals surface area (Å²) in [4.78, 5) is 0. The van der Waals surface area contributed by atoms with Crippen LogP contribution in [0.3, 0.4) is 0 Å². The molecule has 3 nitrogen and oxygen atoms in total. The number of hydrogen-bond donors (Lipinski definition) is 0. The van der Waals surface area contributed by atoms with Crippen LogP contribution in [0.15, 0.2) is 48.5 Å². The fourth-order valence-electron chi connectivity index (χ4n) is 4.64. The Hall–Kier alpha value is -2.00. The predicted molar refractivity (Wildman–Crippen MR) is 128 cm³/mol. The van der Waals surface area contributed by atoms with Gasteiger partial charge in [0, 0.05) is 0 Å². The third kappa shape index (κ3) is 7.57. The Kier molecular flexibility index (Phi) is 9.74. The molecule has 31 heavy (non-hydrogen) atoms. The van der Waals surface area contributed by atoms with Crippen molar-refractivity contribution in [2.24, 2.45) is 0 Å². The minimum absolute atomic E-state index is 0.305. The number of benzene rings is 2. The molecule has 2 aromatic carbocycles. The molecule has 2 atom stereocenters. The van der Waals surface area contributed by atoms with Crippen molar-refractivity contribution in [1.29, 1.82) is 0 Å². The van der Waals surface area contributed by atoms with Crippen molar-refractivity contribution in [2.45, 2.75) is 90.3 Å². The van der Waals surface area contributed by atoms with E-state index in [9.17, 15) is 0 Å². The lowest BCUT2D eigenvalue weighted by Crippen LogP contribution is -2.19. The van der Waals surface area contributed by atoms with Crippen LogP contribution in [-0.4, -0.2) is 19.5 Å². The van der Waals surface area contributed by atoms with Crippen molar-refractivity contribution in [2.75, 3.05) is 13.2 Å². The van der Waals surface area contributed by atoms with Crippen LogP contribution in [0.4, 0.5) is 0 Å². The molecule has 0 aliphatic heterocycles. The molecule has 0 radical (unpaired) electrons. The van der Waals surface area contributed by atoms with E-state index in [2.05, 4.69) is 62.4 Å². The summed E-state index contributed by atoms with van der Waals surface area (Å²) in [6, 6.07) is 17.1. The topological polar surface area (TPSA) is 27.7 Å². The minimum atomic E-state index is -0.305. The Bertz CT molecular complexity index is 732. The molecule has 170 valence electrons. The third-order valence-electron chi connectivity index (χ3n) is 6.44. The van der Waals surface area contributed by atoms with Crippen molar-refractivity contribution in [3.63, 3.8) is 0 Å². The Morgan fingerprint density at radius 1 is 0.839 bits per heavy atom. The second-order valence-corrected chi connectivity index (χ2v) is 8.77. The zero-order valence-electron chi connectivity index (χ0n) is 19.6. The first-order chi connectivity index (χ1) is 15.2. The number of hydrogen-bond acceptors (Lipinski definition) is 3. The fourth-order valence-corrected chi connectivity index (χ4v) is 4.64. The summed E-state index contributed by atoms with van der Waals surface area (Å²) >= 11 is 0. The second kappa shape index (κ2) is 12.8. The van der Waals surface area contributed by atoms with E-state index in [0.29, 0.717) is 19.1 Å². The molecule has 0 spiro atoms. The van der Waals surface area contributed by atoms with Gasteiger partial charge in [-0.3, -0.25) is 0 Å². The van der Waals surface area contributed by atoms with E-state index in [1.807, 2.05) is 6.92 Å². The molecule has 0 N–H and O–H groups in total. The lowest BCUT2D eigenvalue weighted by atomic mass is 9.84. The molecule has 2 aromatic rings. The smallest absolute Gasteiger partial charge is 0.197 e. The SMILES string of the molecule is CCCC(CC)c1ccc(OC(C)OCCOc2ccc(C3CCCCC3)cc2)cc1. The first-order valence-corrected chi connectivity index (χ1v) is 12.3. The van der Waals surface area contributed by atoms with Crippen molar-refractivity contribution in [1.82, 2.24) is 0 Å². The summed E-state index contributed by atoms with van der Waals surface area (Å²) < 4.78 is 17.5. The highest BCUT2D eigenvalue weighted by atomic mass is 16.7. The molecular weight excluding hydrogens is 384 g/mol. The molecule has 2 unspecified atom stereocenters. The first kappa shape index (κ1) is 23.7. The number of rotatable bonds is 12. The van der Waals surface area contributed by atoms with Gasteiger partial charge in [-0.25, -0.2) is 0 Å². The summed E-state index contributed by atoms with van der Waals surface area (Å²) in [6.07, 6.45) is 10.1. The van der Waals surface area contributed by atoms with E-state index in [0.717, 1.165) is 17.4 Å². The van der Waals surface area contributed by atoms with Crippen LogP contribution in [0.1, 0.15) is 95.1 Å². The quantitative estimate of drug-likeness (QED) is 0.256. The van der Waals surface area contributed by atoms with Gasteiger partial charge in [0.1, 0.15) is 18.1 Å². The van der Waals surface area contributed by atoms with Crippen molar-refractivity contribution in [3.05, 3.63) is 59.7 Å². The van der Waals surface area contributed by atoms with Crippen molar-refractivity contribution < 1.29 is 14.2 Å². The van der Waals surface area contributed by atoms with Crippen molar-refractivity contribution >= 4 is 0 Å². The highest BCUT2D eigenvalue weighted by Crippen LogP contribution is 2.33. The molecule has 0 heterocycles. The first-order valence-electron chi connectivity index (χ1n) is 12.3. The van der Waals surface area contributed by atoms with E-state index < -0.39 is 0 Å². The average molecular weight is 425 g/mol. The van der Waals surface area contributed by atoms with Gasteiger partial charge in [0.2, 0.25) is 0 Å². The standard InChI is InChI=1S/C28H40O3/c1-4-9-23(5-2)25-14-18-28(19-15-25)31-22(3)29-20-21-30-27-16-12-26(13-17-27)24-10-7-6-8-11-24/h12-19,22-24H,4-11,20-21H2,1-3H3. The molecule has 0 aromatic heterocycles. The summed E-state index contributed by atoms with van der Waals surface area (Å²) in [5.41, 5.74) is 2.85. The van der Waals surface area contributed by atoms with E-state index in [-0.39, 0.29) is 6.29 Å². The predicted octanol–water partition coefficient (Wildman–Crippen LogP) is 7.85. The Balaban J connectivity index is 1.36. The normalized spacial score (nSPS) is 16.6. The summed E-state index contributed by atoms with van der Waals surface area (Å²) in [7, 11) is 0. The molecule has 0 saturated heterocycles. The molecule has 3 heteroatoms. The number of ether oxygens (including phenoxy) is 3. The third-order valence-corrected chi connectivity index (χ3v) is 6.44. The molecular formula is C28H40O3. The summed E-state index contributed by atoms with van der Waals surface area (Å²) in [6.45, 7) is 7.45. The van der Waals surface area contributed by atoms with Crippen LogP contribution in [0, 0.1) is 0 Å². The molecule has 1 saturated carbocycles. The van der Waals surface area contributed by atoms with Crippen LogP contribution < -0.4 is 9.47 Å². The zero-order valence-corrected chi connectivity index (χ0v) is 19.6. The molecule has 1 fully saturated rings. The van der Waals surface area contributed by atoms with E-state index in [4.69, 9.17) is 14.2 Å². The molecule has 3 rings (SSSR count). The van der Waals surface area contributed by atoms with Gasteiger partial charge < -0.3 is 14.2 Å². The zero-order chi connectivity index (χ0) is 21.9. The van der Waals surface area contributed by atoms with Crippen LogP contribution >= 0.6 is 0 Å². The maximum absolute atomic E-state index is 5.90. The maximum atomic E-state index is 5.90. The molecule has 0 amide bonds. The van der Waals surface area contributed by atoms with Crippen LogP contribution in [-0.2, 0) is 4.74 Å². The summed E-state index contributed by atoms with van der Waals surface area (Å²) in [5, 5.41) is 0. The Morgan fingerprint density at radius 3 is 2.16 bits per heavy atom. The van der Waals surface area contributed by atoms with Crippen molar-refractivity contribution in [3.8, 4) is 11.5 Å². The van der Waals surface area contributed by atoms with Crippen LogP contribution in [0.25, 0.3) is 0 Å².